The van der Waals surface area contributed by atoms with Crippen LogP contribution in [-0.4, -0.2) is 16.6 Å². The summed E-state index contributed by atoms with van der Waals surface area (Å²) in [5.41, 5.74) is 4.58. The van der Waals surface area contributed by atoms with E-state index in [-0.39, 0.29) is 0 Å². The van der Waals surface area contributed by atoms with Gasteiger partial charge in [0.25, 0.3) is 0 Å². The van der Waals surface area contributed by atoms with Gasteiger partial charge in [-0.3, -0.25) is 0 Å². The maximum absolute atomic E-state index is 5.37. The van der Waals surface area contributed by atoms with E-state index in [4.69, 9.17) is 17.0 Å². The predicted octanol–water partition coefficient (Wildman–Crippen LogP) is 3.96. The monoisotopic (exact) mass is 274 g/mol. The molecule has 0 fully saturated rings. The first kappa shape index (κ1) is 13.9. The quantitative estimate of drug-likeness (QED) is 0.858. The minimum Gasteiger partial charge on any atom is -0.374 e. The number of rotatable bonds is 4. The molecule has 0 aliphatic carbocycles. The smallest absolute Gasteiger partial charge is 0.134 e. The first-order valence-corrected chi connectivity index (χ1v) is 6.76. The maximum atomic E-state index is 5.37. The molecule has 0 atom stereocenters. The molecule has 2 rings (SSSR count). The predicted molar refractivity (Wildman–Crippen MR) is 79.7 cm³/mol. The van der Waals surface area contributed by atoms with Crippen LogP contribution in [0.4, 0.5) is 0 Å². The summed E-state index contributed by atoms with van der Waals surface area (Å²) in [6.07, 6.45) is 0. The van der Waals surface area contributed by atoms with Crippen LogP contribution in [0.25, 0.3) is 11.3 Å². The number of ether oxygens (including phenoxy) is 1. The number of aromatic amines is 1. The number of nitrogens with one attached hydrogen (secondary N) is 1. The zero-order chi connectivity index (χ0) is 13.8. The molecule has 0 amide bonds. The maximum Gasteiger partial charge on any atom is 0.134 e. The van der Waals surface area contributed by atoms with Crippen molar-refractivity contribution in [3.63, 3.8) is 0 Å². The molecule has 0 radical (unpaired) electrons. The highest BCUT2D eigenvalue weighted by atomic mass is 32.1. The van der Waals surface area contributed by atoms with Gasteiger partial charge in [-0.15, -0.1) is 0 Å². The average molecular weight is 274 g/mol. The molecule has 0 bridgehead atoms. The van der Waals surface area contributed by atoms with E-state index in [0.29, 0.717) is 17.9 Å². The Morgan fingerprint density at radius 1 is 1.16 bits per heavy atom. The van der Waals surface area contributed by atoms with E-state index < -0.39 is 0 Å². The minimum atomic E-state index is 0.457. The molecule has 0 aliphatic rings. The van der Waals surface area contributed by atoms with Gasteiger partial charge in [0.2, 0.25) is 0 Å². The van der Waals surface area contributed by atoms with Crippen LogP contribution in [0.2, 0.25) is 0 Å². The Hall–Kier alpha value is -1.52. The van der Waals surface area contributed by atoms with Crippen LogP contribution < -0.4 is 0 Å². The van der Waals surface area contributed by atoms with Gasteiger partial charge in [-0.05, 0) is 44.5 Å². The molecule has 3 nitrogen and oxygen atoms in total. The van der Waals surface area contributed by atoms with Crippen molar-refractivity contribution in [3.8, 4) is 11.3 Å². The summed E-state index contributed by atoms with van der Waals surface area (Å²) in [6.45, 7) is 7.26. The Kier molecular flexibility index (Phi) is 4.45. The van der Waals surface area contributed by atoms with Gasteiger partial charge in [0.1, 0.15) is 17.1 Å². The fraction of sp³-hybridized carbons (Fsp3) is 0.333. The van der Waals surface area contributed by atoms with Gasteiger partial charge in [0.05, 0.1) is 0 Å². The van der Waals surface area contributed by atoms with Crippen molar-refractivity contribution in [2.45, 2.75) is 27.4 Å². The normalized spacial score (nSPS) is 10.7. The summed E-state index contributed by atoms with van der Waals surface area (Å²) in [6, 6.07) is 8.32. The number of hydrogen-bond donors (Lipinski definition) is 1. The molecule has 2 aromatic rings. The molecule has 1 heterocycles. The second kappa shape index (κ2) is 6.08. The Morgan fingerprint density at radius 2 is 1.84 bits per heavy atom. The lowest BCUT2D eigenvalue weighted by Crippen LogP contribution is -2.00. The molecule has 100 valence electrons. The third kappa shape index (κ3) is 3.72. The van der Waals surface area contributed by atoms with Crippen molar-refractivity contribution in [2.75, 3.05) is 6.61 Å². The van der Waals surface area contributed by atoms with E-state index in [0.717, 1.165) is 17.1 Å². The van der Waals surface area contributed by atoms with Crippen LogP contribution >= 0.6 is 12.2 Å². The summed E-state index contributed by atoms with van der Waals surface area (Å²) >= 11 is 5.22. The third-order valence-electron chi connectivity index (χ3n) is 2.77. The highest BCUT2D eigenvalue weighted by Gasteiger charge is 2.03. The average Bonchev–Trinajstić information content (AvgIpc) is 2.34. The second-order valence-electron chi connectivity index (χ2n) is 4.59. The van der Waals surface area contributed by atoms with E-state index in [2.05, 4.69) is 42.0 Å². The van der Waals surface area contributed by atoms with Gasteiger partial charge in [-0.25, -0.2) is 4.98 Å². The Balaban J connectivity index is 2.43. The Bertz CT molecular complexity index is 614. The molecule has 0 saturated carbocycles. The summed E-state index contributed by atoms with van der Waals surface area (Å²) in [7, 11) is 0. The fourth-order valence-corrected chi connectivity index (χ4v) is 2.29. The lowest BCUT2D eigenvalue weighted by atomic mass is 10.0. The Labute approximate surface area is 118 Å². The molecule has 0 unspecified atom stereocenters. The zero-order valence-corrected chi connectivity index (χ0v) is 12.3. The van der Waals surface area contributed by atoms with E-state index in [1.54, 1.807) is 0 Å². The van der Waals surface area contributed by atoms with Crippen LogP contribution in [0, 0.1) is 18.5 Å². The van der Waals surface area contributed by atoms with Crippen LogP contribution in [0.1, 0.15) is 23.9 Å². The SMILES string of the molecule is CCOCc1nc(=S)cc(-c2cc(C)cc(C)c2)[nH]1. The second-order valence-corrected chi connectivity index (χ2v) is 5.01. The van der Waals surface area contributed by atoms with Gasteiger partial charge >= 0.3 is 0 Å². The lowest BCUT2D eigenvalue weighted by molar-refractivity contribution is 0.128. The van der Waals surface area contributed by atoms with Crippen molar-refractivity contribution in [3.05, 3.63) is 45.9 Å². The van der Waals surface area contributed by atoms with Gasteiger partial charge in [0.15, 0.2) is 0 Å². The molecule has 0 aliphatic heterocycles. The summed E-state index contributed by atoms with van der Waals surface area (Å²) in [5.74, 6) is 0.767. The van der Waals surface area contributed by atoms with Gasteiger partial charge in [-0.2, -0.15) is 0 Å². The molecule has 0 spiro atoms. The van der Waals surface area contributed by atoms with Crippen molar-refractivity contribution < 1.29 is 4.74 Å². The number of aromatic nitrogens is 2. The molecule has 0 saturated heterocycles. The standard InChI is InChI=1S/C15H18N2OS/c1-4-18-9-14-16-13(8-15(19)17-14)12-6-10(2)5-11(3)7-12/h5-8H,4,9H2,1-3H3,(H,16,17,19). The van der Waals surface area contributed by atoms with Crippen molar-refractivity contribution in [2.24, 2.45) is 0 Å². The van der Waals surface area contributed by atoms with Crippen molar-refractivity contribution >= 4 is 12.2 Å². The van der Waals surface area contributed by atoms with E-state index in [1.807, 2.05) is 13.0 Å². The number of benzene rings is 1. The van der Waals surface area contributed by atoms with Crippen LogP contribution in [0.15, 0.2) is 24.3 Å². The highest BCUT2D eigenvalue weighted by Crippen LogP contribution is 2.20. The number of aryl methyl sites for hydroxylation is 2. The molecular weight excluding hydrogens is 256 g/mol. The van der Waals surface area contributed by atoms with Crippen molar-refractivity contribution in [1.29, 1.82) is 0 Å². The van der Waals surface area contributed by atoms with Gasteiger partial charge in [0, 0.05) is 12.3 Å². The zero-order valence-electron chi connectivity index (χ0n) is 11.5. The molecule has 1 N–H and O–H groups in total. The summed E-state index contributed by atoms with van der Waals surface area (Å²) in [4.78, 5) is 7.56. The molecule has 1 aromatic heterocycles. The highest BCUT2D eigenvalue weighted by molar-refractivity contribution is 7.71. The first-order valence-electron chi connectivity index (χ1n) is 6.35. The van der Waals surface area contributed by atoms with Crippen LogP contribution in [0.3, 0.4) is 0 Å². The molecule has 4 heteroatoms. The van der Waals surface area contributed by atoms with Crippen LogP contribution in [-0.2, 0) is 11.3 Å². The van der Waals surface area contributed by atoms with Crippen molar-refractivity contribution in [1.82, 2.24) is 9.97 Å². The number of nitrogens with zero attached hydrogens (tertiary/aromatic N) is 1. The molecule has 1 aromatic carbocycles. The molecular formula is C15H18N2OS. The van der Waals surface area contributed by atoms with Gasteiger partial charge < -0.3 is 9.72 Å². The van der Waals surface area contributed by atoms with E-state index in [9.17, 15) is 0 Å². The topological polar surface area (TPSA) is 37.9 Å². The largest absolute Gasteiger partial charge is 0.374 e. The summed E-state index contributed by atoms with van der Waals surface area (Å²) in [5, 5.41) is 0. The number of H-pyrrole nitrogens is 1. The lowest BCUT2D eigenvalue weighted by Gasteiger charge is -2.08. The summed E-state index contributed by atoms with van der Waals surface area (Å²) < 4.78 is 5.96. The Morgan fingerprint density at radius 3 is 2.47 bits per heavy atom. The molecule has 19 heavy (non-hydrogen) atoms. The minimum absolute atomic E-state index is 0.457. The van der Waals surface area contributed by atoms with Gasteiger partial charge in [-0.1, -0.05) is 29.4 Å². The third-order valence-corrected chi connectivity index (χ3v) is 2.98. The van der Waals surface area contributed by atoms with Crippen LogP contribution in [0.5, 0.6) is 0 Å². The van der Waals surface area contributed by atoms with E-state index >= 15 is 0 Å². The van der Waals surface area contributed by atoms with E-state index in [1.165, 1.54) is 11.1 Å². The number of hydrogen-bond acceptors (Lipinski definition) is 3. The fourth-order valence-electron chi connectivity index (χ4n) is 2.06. The first-order chi connectivity index (χ1) is 9.08.